The number of nitrogens with one attached hydrogen (secondary N) is 1. The molecule has 0 unspecified atom stereocenters. The molecule has 142 valence electrons. The number of halogens is 1. The molecule has 0 aliphatic rings. The summed E-state index contributed by atoms with van der Waals surface area (Å²) in [6.07, 6.45) is 0. The first-order chi connectivity index (χ1) is 13.6. The van der Waals surface area contributed by atoms with E-state index in [0.717, 1.165) is 10.1 Å². The third kappa shape index (κ3) is 3.38. The van der Waals surface area contributed by atoms with Crippen LogP contribution in [0.1, 0.15) is 15.4 Å². The van der Waals surface area contributed by atoms with Crippen molar-refractivity contribution < 1.29 is 19.1 Å². The van der Waals surface area contributed by atoms with Gasteiger partial charge in [-0.15, -0.1) is 11.3 Å². The van der Waals surface area contributed by atoms with Gasteiger partial charge in [-0.2, -0.15) is 0 Å². The number of aliphatic hydroxyl groups excluding tert-OH is 1. The monoisotopic (exact) mass is 413 g/mol. The van der Waals surface area contributed by atoms with Crippen molar-refractivity contribution in [3.63, 3.8) is 0 Å². The zero-order valence-corrected chi connectivity index (χ0v) is 16.4. The first-order valence-corrected chi connectivity index (χ1v) is 9.66. The van der Waals surface area contributed by atoms with Crippen molar-refractivity contribution in [3.8, 4) is 17.1 Å². The Morgan fingerprint density at radius 3 is 2.75 bits per heavy atom. The summed E-state index contributed by atoms with van der Waals surface area (Å²) in [7, 11) is 1.56. The van der Waals surface area contributed by atoms with E-state index >= 15 is 0 Å². The lowest BCUT2D eigenvalue weighted by molar-refractivity contribution is 0.103. The highest BCUT2D eigenvalue weighted by atomic mass is 35.5. The van der Waals surface area contributed by atoms with Crippen LogP contribution in [0.2, 0.25) is 5.02 Å². The Morgan fingerprint density at radius 2 is 2.04 bits per heavy atom. The van der Waals surface area contributed by atoms with Crippen LogP contribution in [0.5, 0.6) is 5.75 Å². The number of thiophene rings is 1. The minimum atomic E-state index is -0.280. The normalized spacial score (nSPS) is 11.0. The third-order valence-corrected chi connectivity index (χ3v) is 5.96. The molecule has 28 heavy (non-hydrogen) atoms. The summed E-state index contributed by atoms with van der Waals surface area (Å²) in [5, 5.41) is 13.4. The van der Waals surface area contributed by atoms with E-state index in [1.807, 2.05) is 24.3 Å². The Balaban J connectivity index is 1.66. The number of fused-ring (bicyclic) bond motifs is 1. The summed E-state index contributed by atoms with van der Waals surface area (Å²) in [4.78, 5) is 13.2. The molecule has 1 amide bonds. The van der Waals surface area contributed by atoms with E-state index < -0.39 is 0 Å². The quantitative estimate of drug-likeness (QED) is 0.448. The van der Waals surface area contributed by atoms with E-state index in [0.29, 0.717) is 38.4 Å². The van der Waals surface area contributed by atoms with Crippen molar-refractivity contribution in [3.05, 3.63) is 70.3 Å². The maximum atomic E-state index is 12.8. The Kier molecular flexibility index (Phi) is 5.09. The molecule has 0 aliphatic carbocycles. The van der Waals surface area contributed by atoms with Crippen LogP contribution >= 0.6 is 22.9 Å². The van der Waals surface area contributed by atoms with Gasteiger partial charge in [0.15, 0.2) is 0 Å². The van der Waals surface area contributed by atoms with Crippen LogP contribution in [-0.2, 0) is 6.61 Å². The summed E-state index contributed by atoms with van der Waals surface area (Å²) in [5.74, 6) is 1.30. The number of aliphatic hydroxyl groups is 1. The number of rotatable bonds is 5. The van der Waals surface area contributed by atoms with Gasteiger partial charge in [0.25, 0.3) is 5.91 Å². The highest BCUT2D eigenvalue weighted by Gasteiger charge is 2.18. The van der Waals surface area contributed by atoms with Crippen LogP contribution in [0.3, 0.4) is 0 Å². The second kappa shape index (κ2) is 7.67. The van der Waals surface area contributed by atoms with Gasteiger partial charge in [0.05, 0.1) is 17.7 Å². The molecule has 0 spiro atoms. The van der Waals surface area contributed by atoms with Crippen molar-refractivity contribution >= 4 is 44.6 Å². The van der Waals surface area contributed by atoms with Crippen molar-refractivity contribution in [2.24, 2.45) is 0 Å². The number of amides is 1. The zero-order chi connectivity index (χ0) is 19.7. The summed E-state index contributed by atoms with van der Waals surface area (Å²) < 4.78 is 12.0. The first kappa shape index (κ1) is 18.6. The average molecular weight is 414 g/mol. The minimum Gasteiger partial charge on any atom is -0.496 e. The molecule has 7 heteroatoms. The highest BCUT2D eigenvalue weighted by Crippen LogP contribution is 2.37. The highest BCUT2D eigenvalue weighted by molar-refractivity contribution is 7.21. The van der Waals surface area contributed by atoms with Gasteiger partial charge < -0.3 is 19.6 Å². The second-order valence-electron chi connectivity index (χ2n) is 6.03. The standard InChI is InChI=1S/C21H16ClNO4S/c1-26-16-8-6-12(10-15(16)17-9-7-13(11-24)27-17)23-21(25)20-19(22)14-4-2-3-5-18(14)28-20/h2-10,24H,11H2,1H3,(H,23,25). The van der Waals surface area contributed by atoms with Gasteiger partial charge in [-0.1, -0.05) is 29.8 Å². The number of carbonyl (C=O) groups is 1. The Labute approximate surface area is 170 Å². The Bertz CT molecular complexity index is 1160. The van der Waals surface area contributed by atoms with Gasteiger partial charge in [-0.3, -0.25) is 4.79 Å². The van der Waals surface area contributed by atoms with Gasteiger partial charge in [-0.25, -0.2) is 0 Å². The number of anilines is 1. The molecule has 0 atom stereocenters. The molecule has 0 saturated carbocycles. The molecule has 4 rings (SSSR count). The lowest BCUT2D eigenvalue weighted by Gasteiger charge is -2.10. The predicted octanol–water partition coefficient (Wildman–Crippen LogP) is 5.57. The average Bonchev–Trinajstić information content (AvgIpc) is 3.33. The maximum Gasteiger partial charge on any atom is 0.267 e. The molecule has 2 aromatic heterocycles. The molecular formula is C21H16ClNO4S. The van der Waals surface area contributed by atoms with Crippen LogP contribution in [0, 0.1) is 0 Å². The van der Waals surface area contributed by atoms with Crippen LogP contribution in [0.25, 0.3) is 21.4 Å². The largest absolute Gasteiger partial charge is 0.496 e. The SMILES string of the molecule is COc1ccc(NC(=O)c2sc3ccccc3c2Cl)cc1-c1ccc(CO)o1. The van der Waals surface area contributed by atoms with Crippen LogP contribution in [0.4, 0.5) is 5.69 Å². The molecule has 4 aromatic rings. The molecule has 2 aromatic carbocycles. The van der Waals surface area contributed by atoms with E-state index in [9.17, 15) is 9.90 Å². The van der Waals surface area contributed by atoms with Gasteiger partial charge in [-0.05, 0) is 36.4 Å². The third-order valence-electron chi connectivity index (χ3n) is 4.28. The molecule has 0 aliphatic heterocycles. The van der Waals surface area contributed by atoms with E-state index in [1.54, 1.807) is 37.4 Å². The molecular weight excluding hydrogens is 398 g/mol. The van der Waals surface area contributed by atoms with Crippen LogP contribution in [0.15, 0.2) is 59.0 Å². The second-order valence-corrected chi connectivity index (χ2v) is 7.46. The summed E-state index contributed by atoms with van der Waals surface area (Å²) in [5.41, 5.74) is 1.25. The Morgan fingerprint density at radius 1 is 1.21 bits per heavy atom. The molecule has 2 N–H and O–H groups in total. The minimum absolute atomic E-state index is 0.191. The van der Waals surface area contributed by atoms with E-state index in [1.165, 1.54) is 11.3 Å². The fourth-order valence-corrected chi connectivity index (χ4v) is 4.35. The number of hydrogen-bond donors (Lipinski definition) is 2. The van der Waals surface area contributed by atoms with E-state index in [2.05, 4.69) is 5.32 Å². The number of carbonyl (C=O) groups excluding carboxylic acids is 1. The van der Waals surface area contributed by atoms with Crippen molar-refractivity contribution in [2.45, 2.75) is 6.61 Å². The van der Waals surface area contributed by atoms with Gasteiger partial charge in [0.2, 0.25) is 0 Å². The van der Waals surface area contributed by atoms with Gasteiger partial charge in [0.1, 0.15) is 28.8 Å². The molecule has 0 bridgehead atoms. The molecule has 0 radical (unpaired) electrons. The number of hydrogen-bond acceptors (Lipinski definition) is 5. The number of benzene rings is 2. The number of furan rings is 1. The topological polar surface area (TPSA) is 71.7 Å². The van der Waals surface area contributed by atoms with E-state index in [-0.39, 0.29) is 12.5 Å². The summed E-state index contributed by atoms with van der Waals surface area (Å²) in [6.45, 7) is -0.191. The maximum absolute atomic E-state index is 12.8. The zero-order valence-electron chi connectivity index (χ0n) is 14.9. The number of methoxy groups -OCH3 is 1. The van der Waals surface area contributed by atoms with Crippen molar-refractivity contribution in [2.75, 3.05) is 12.4 Å². The van der Waals surface area contributed by atoms with Crippen LogP contribution in [-0.4, -0.2) is 18.1 Å². The smallest absolute Gasteiger partial charge is 0.267 e. The fourth-order valence-electron chi connectivity index (χ4n) is 2.93. The Hall–Kier alpha value is -2.80. The molecule has 2 heterocycles. The lowest BCUT2D eigenvalue weighted by atomic mass is 10.1. The van der Waals surface area contributed by atoms with Gasteiger partial charge in [0, 0.05) is 15.8 Å². The van der Waals surface area contributed by atoms with Crippen molar-refractivity contribution in [1.82, 2.24) is 0 Å². The van der Waals surface area contributed by atoms with Crippen LogP contribution < -0.4 is 10.1 Å². The molecule has 5 nitrogen and oxygen atoms in total. The van der Waals surface area contributed by atoms with Gasteiger partial charge >= 0.3 is 0 Å². The fraction of sp³-hybridized carbons (Fsp3) is 0.0952. The number of ether oxygens (including phenoxy) is 1. The van der Waals surface area contributed by atoms with Crippen molar-refractivity contribution in [1.29, 1.82) is 0 Å². The van der Waals surface area contributed by atoms with E-state index in [4.69, 9.17) is 20.8 Å². The lowest BCUT2D eigenvalue weighted by Crippen LogP contribution is -2.10. The predicted molar refractivity (Wildman–Crippen MR) is 111 cm³/mol. The summed E-state index contributed by atoms with van der Waals surface area (Å²) >= 11 is 7.75. The first-order valence-electron chi connectivity index (χ1n) is 8.47. The molecule has 0 fully saturated rings. The summed E-state index contributed by atoms with van der Waals surface area (Å²) in [6, 6.07) is 16.3. The molecule has 0 saturated heterocycles.